The third kappa shape index (κ3) is 2.85. The summed E-state index contributed by atoms with van der Waals surface area (Å²) in [4.78, 5) is 10.5. The van der Waals surface area contributed by atoms with Gasteiger partial charge in [0.25, 0.3) is 0 Å². The second-order valence-corrected chi connectivity index (χ2v) is 2.87. The first-order chi connectivity index (χ1) is 6.59. The molecular weight excluding hydrogens is 182 g/mol. The fourth-order valence-electron chi connectivity index (χ4n) is 0.836. The van der Waals surface area contributed by atoms with Crippen molar-refractivity contribution < 1.29 is 9.90 Å². The van der Waals surface area contributed by atoms with Crippen molar-refractivity contribution in [3.8, 4) is 0 Å². The number of carboxylic acids is 1. The molecule has 0 unspecified atom stereocenters. The molecule has 0 aliphatic heterocycles. The van der Waals surface area contributed by atoms with E-state index in [0.29, 0.717) is 5.69 Å². The molecule has 1 aromatic carbocycles. The molecule has 5 heteroatoms. The van der Waals surface area contributed by atoms with Crippen LogP contribution in [0.5, 0.6) is 0 Å². The number of carbonyl (C=O) groups excluding carboxylic acids is 1. The second-order valence-electron chi connectivity index (χ2n) is 2.87. The van der Waals surface area contributed by atoms with Crippen molar-refractivity contribution in [1.29, 1.82) is 0 Å². The maximum atomic E-state index is 10.5. The average molecular weight is 192 g/mol. The minimum atomic E-state index is -1.22. The van der Waals surface area contributed by atoms with Gasteiger partial charge >= 0.3 is 0 Å². The van der Waals surface area contributed by atoms with E-state index in [2.05, 4.69) is 10.3 Å². The van der Waals surface area contributed by atoms with Gasteiger partial charge in [-0.05, 0) is 17.7 Å². The maximum absolute atomic E-state index is 10.5. The first kappa shape index (κ1) is 10.2. The van der Waals surface area contributed by atoms with Crippen LogP contribution in [0.2, 0.25) is 0 Å². The Morgan fingerprint density at radius 2 is 2.14 bits per heavy atom. The molecule has 1 aromatic rings. The van der Waals surface area contributed by atoms with E-state index in [1.54, 1.807) is 26.2 Å². The minimum absolute atomic E-state index is 0.0974. The summed E-state index contributed by atoms with van der Waals surface area (Å²) in [6, 6.07) is 6.11. The number of hydrogen-bond donors (Lipinski definition) is 0. The number of nitrogens with zero attached hydrogens (tertiary/aromatic N) is 3. The summed E-state index contributed by atoms with van der Waals surface area (Å²) in [7, 11) is 3.46. The molecule has 0 aliphatic carbocycles. The molecule has 1 rings (SSSR count). The van der Waals surface area contributed by atoms with E-state index in [4.69, 9.17) is 0 Å². The van der Waals surface area contributed by atoms with Gasteiger partial charge in [-0.15, -0.1) is 5.11 Å². The molecule has 74 valence electrons. The van der Waals surface area contributed by atoms with Crippen molar-refractivity contribution in [2.75, 3.05) is 14.1 Å². The van der Waals surface area contributed by atoms with Crippen molar-refractivity contribution in [1.82, 2.24) is 5.01 Å². The SMILES string of the molecule is CN(C)N=Nc1cccc(C(=O)[O-])c1. The van der Waals surface area contributed by atoms with Crippen molar-refractivity contribution in [3.05, 3.63) is 29.8 Å². The molecule has 0 amide bonds. The normalized spacial score (nSPS) is 10.4. The lowest BCUT2D eigenvalue weighted by molar-refractivity contribution is -0.255. The predicted molar refractivity (Wildman–Crippen MR) is 49.0 cm³/mol. The highest BCUT2D eigenvalue weighted by Crippen LogP contribution is 2.14. The fourth-order valence-corrected chi connectivity index (χ4v) is 0.836. The van der Waals surface area contributed by atoms with E-state index >= 15 is 0 Å². The van der Waals surface area contributed by atoms with Crippen LogP contribution < -0.4 is 5.11 Å². The lowest BCUT2D eigenvalue weighted by Gasteiger charge is -2.03. The molecular formula is C9H10N3O2-. The molecule has 0 atom stereocenters. The molecule has 0 heterocycles. The Hall–Kier alpha value is -1.91. The molecule has 0 saturated heterocycles. The van der Waals surface area contributed by atoms with Gasteiger partial charge in [0.15, 0.2) is 0 Å². The summed E-state index contributed by atoms with van der Waals surface area (Å²) in [6.07, 6.45) is 0. The Kier molecular flexibility index (Phi) is 3.17. The zero-order valence-corrected chi connectivity index (χ0v) is 7.97. The van der Waals surface area contributed by atoms with Gasteiger partial charge in [-0.3, -0.25) is 5.01 Å². The smallest absolute Gasteiger partial charge is 0.0880 e. The molecule has 0 N–H and O–H groups in total. The average Bonchev–Trinajstić information content (AvgIpc) is 2.15. The first-order valence-electron chi connectivity index (χ1n) is 4.00. The zero-order valence-electron chi connectivity index (χ0n) is 7.97. The number of carbonyl (C=O) groups is 1. The second kappa shape index (κ2) is 4.36. The summed E-state index contributed by atoms with van der Waals surface area (Å²) in [5.74, 6) is -1.22. The number of rotatable bonds is 3. The van der Waals surface area contributed by atoms with Gasteiger partial charge in [0.1, 0.15) is 0 Å². The summed E-state index contributed by atoms with van der Waals surface area (Å²) >= 11 is 0. The van der Waals surface area contributed by atoms with E-state index in [1.807, 2.05) is 0 Å². The number of hydrogen-bond acceptors (Lipinski definition) is 4. The summed E-state index contributed by atoms with van der Waals surface area (Å²) in [6.45, 7) is 0. The van der Waals surface area contributed by atoms with Crippen LogP contribution in [-0.2, 0) is 0 Å². The summed E-state index contributed by atoms with van der Waals surface area (Å²) < 4.78 is 0. The minimum Gasteiger partial charge on any atom is -0.545 e. The van der Waals surface area contributed by atoms with Gasteiger partial charge in [0.2, 0.25) is 0 Å². The van der Waals surface area contributed by atoms with E-state index in [-0.39, 0.29) is 5.56 Å². The van der Waals surface area contributed by atoms with Crippen molar-refractivity contribution in [3.63, 3.8) is 0 Å². The van der Waals surface area contributed by atoms with E-state index in [0.717, 1.165) is 0 Å². The van der Waals surface area contributed by atoms with Crippen LogP contribution in [0.1, 0.15) is 10.4 Å². The molecule has 0 spiro atoms. The molecule has 0 aromatic heterocycles. The quantitative estimate of drug-likeness (QED) is 0.520. The van der Waals surface area contributed by atoms with Crippen LogP contribution in [-0.4, -0.2) is 25.1 Å². The van der Waals surface area contributed by atoms with Crippen LogP contribution in [0.15, 0.2) is 34.6 Å². The molecule has 0 bridgehead atoms. The highest BCUT2D eigenvalue weighted by atomic mass is 16.4. The molecule has 14 heavy (non-hydrogen) atoms. The van der Waals surface area contributed by atoms with Crippen LogP contribution in [0.4, 0.5) is 5.69 Å². The van der Waals surface area contributed by atoms with Gasteiger partial charge in [-0.2, -0.15) is 0 Å². The van der Waals surface area contributed by atoms with Gasteiger partial charge in [-0.1, -0.05) is 17.4 Å². The maximum Gasteiger partial charge on any atom is 0.0880 e. The first-order valence-corrected chi connectivity index (χ1v) is 4.00. The van der Waals surface area contributed by atoms with Crippen molar-refractivity contribution in [2.24, 2.45) is 10.3 Å². The van der Waals surface area contributed by atoms with Crippen LogP contribution in [0.3, 0.4) is 0 Å². The summed E-state index contributed by atoms with van der Waals surface area (Å²) in [5, 5.41) is 19.6. The van der Waals surface area contributed by atoms with Gasteiger partial charge in [0, 0.05) is 14.1 Å². The lowest BCUT2D eigenvalue weighted by atomic mass is 10.2. The summed E-state index contributed by atoms with van der Waals surface area (Å²) in [5.41, 5.74) is 0.584. The zero-order chi connectivity index (χ0) is 10.6. The van der Waals surface area contributed by atoms with Crippen molar-refractivity contribution in [2.45, 2.75) is 0 Å². The fraction of sp³-hybridized carbons (Fsp3) is 0.222. The Morgan fingerprint density at radius 1 is 1.43 bits per heavy atom. The third-order valence-corrected chi connectivity index (χ3v) is 1.42. The Balaban J connectivity index is 2.89. The van der Waals surface area contributed by atoms with E-state index < -0.39 is 5.97 Å². The number of benzene rings is 1. The van der Waals surface area contributed by atoms with Crippen LogP contribution in [0, 0.1) is 0 Å². The monoisotopic (exact) mass is 192 g/mol. The molecule has 0 fully saturated rings. The van der Waals surface area contributed by atoms with Gasteiger partial charge in [0.05, 0.1) is 11.7 Å². The standard InChI is InChI=1S/C9H11N3O2/c1-12(2)11-10-8-5-3-4-7(6-8)9(13)14/h3-6H,1-2H3,(H,13,14)/p-1. The van der Waals surface area contributed by atoms with Crippen LogP contribution >= 0.6 is 0 Å². The van der Waals surface area contributed by atoms with Crippen LogP contribution in [0.25, 0.3) is 0 Å². The van der Waals surface area contributed by atoms with Crippen molar-refractivity contribution >= 4 is 11.7 Å². The molecule has 0 aliphatic rings. The van der Waals surface area contributed by atoms with E-state index in [9.17, 15) is 9.90 Å². The van der Waals surface area contributed by atoms with Gasteiger partial charge in [-0.25, -0.2) is 0 Å². The Bertz CT molecular complexity index is 361. The Labute approximate surface area is 81.7 Å². The highest BCUT2D eigenvalue weighted by Gasteiger charge is 1.94. The third-order valence-electron chi connectivity index (χ3n) is 1.42. The molecule has 5 nitrogen and oxygen atoms in total. The largest absolute Gasteiger partial charge is 0.545 e. The number of aromatic carboxylic acids is 1. The molecule has 0 saturated carbocycles. The van der Waals surface area contributed by atoms with E-state index in [1.165, 1.54) is 17.1 Å². The highest BCUT2D eigenvalue weighted by molar-refractivity contribution is 5.86. The predicted octanol–water partition coefficient (Wildman–Crippen LogP) is 0.610. The molecule has 0 radical (unpaired) electrons. The topological polar surface area (TPSA) is 68.1 Å². The Morgan fingerprint density at radius 3 is 2.71 bits per heavy atom. The lowest BCUT2D eigenvalue weighted by Crippen LogP contribution is -2.21. The number of carboxylic acid groups (broad SMARTS) is 1. The van der Waals surface area contributed by atoms with Gasteiger partial charge < -0.3 is 9.90 Å².